The Morgan fingerprint density at radius 3 is 2.59 bits per heavy atom. The van der Waals surface area contributed by atoms with Crippen molar-refractivity contribution in [3.05, 3.63) is 104 Å². The minimum atomic E-state index is -0.628. The van der Waals surface area contributed by atoms with E-state index in [4.69, 9.17) is 0 Å². The molecule has 2 N–H and O–H groups in total. The molecule has 0 bridgehead atoms. The fraction of sp³-hybridized carbons (Fsp3) is 0.160. The lowest BCUT2D eigenvalue weighted by Crippen LogP contribution is -2.36. The molecule has 1 aliphatic heterocycles. The average molecular weight is 427 g/mol. The number of aliphatic hydroxyl groups excluding tert-OH is 1. The number of nitrogens with one attached hydrogen (secondary N) is 1. The molecule has 7 nitrogen and oxygen atoms in total. The molecule has 0 atom stereocenters. The van der Waals surface area contributed by atoms with Crippen molar-refractivity contribution in [3.63, 3.8) is 0 Å². The number of aromatic amines is 1. The topological polar surface area (TPSA) is 95.4 Å². The van der Waals surface area contributed by atoms with Crippen molar-refractivity contribution in [2.45, 2.75) is 19.4 Å². The second-order valence-electron chi connectivity index (χ2n) is 7.81. The van der Waals surface area contributed by atoms with E-state index >= 15 is 0 Å². The van der Waals surface area contributed by atoms with Crippen LogP contribution in [0.1, 0.15) is 27.9 Å². The summed E-state index contributed by atoms with van der Waals surface area (Å²) in [6, 6.07) is 19.2. The van der Waals surface area contributed by atoms with Crippen LogP contribution in [-0.4, -0.2) is 27.1 Å². The maximum Gasteiger partial charge on any atom is 0.333 e. The van der Waals surface area contributed by atoms with Gasteiger partial charge in [0.05, 0.1) is 23.2 Å². The number of aliphatic hydroxyl groups is 1. The number of benzene rings is 3. The first kappa shape index (κ1) is 20.0. The van der Waals surface area contributed by atoms with Gasteiger partial charge in [0.2, 0.25) is 0 Å². The number of carbonyl (C=O) groups excluding carboxylic acids is 1. The Morgan fingerprint density at radius 2 is 1.75 bits per heavy atom. The van der Waals surface area contributed by atoms with Gasteiger partial charge in [0.15, 0.2) is 0 Å². The third-order valence-corrected chi connectivity index (χ3v) is 5.90. The van der Waals surface area contributed by atoms with Gasteiger partial charge >= 0.3 is 5.69 Å². The summed E-state index contributed by atoms with van der Waals surface area (Å²) in [7, 11) is 0. The van der Waals surface area contributed by atoms with Crippen LogP contribution < -0.4 is 16.1 Å². The van der Waals surface area contributed by atoms with Gasteiger partial charge in [0.25, 0.3) is 11.5 Å². The fourth-order valence-electron chi connectivity index (χ4n) is 4.32. The zero-order valence-electron chi connectivity index (χ0n) is 17.2. The number of carbonyl (C=O) groups is 1. The number of hydrogen-bond acceptors (Lipinski definition) is 4. The molecular weight excluding hydrogens is 406 g/mol. The van der Waals surface area contributed by atoms with Gasteiger partial charge in [-0.1, -0.05) is 36.4 Å². The number of H-pyrrole nitrogens is 1. The maximum atomic E-state index is 13.4. The third kappa shape index (κ3) is 3.23. The van der Waals surface area contributed by atoms with Crippen LogP contribution in [0.5, 0.6) is 0 Å². The van der Waals surface area contributed by atoms with Crippen molar-refractivity contribution < 1.29 is 9.90 Å². The van der Waals surface area contributed by atoms with Crippen LogP contribution in [-0.2, 0) is 13.0 Å². The molecule has 32 heavy (non-hydrogen) atoms. The van der Waals surface area contributed by atoms with Crippen LogP contribution in [0.3, 0.4) is 0 Å². The van der Waals surface area contributed by atoms with Gasteiger partial charge in [0, 0.05) is 23.4 Å². The van der Waals surface area contributed by atoms with Crippen LogP contribution in [0.25, 0.3) is 16.6 Å². The number of rotatable bonds is 3. The Labute approximate surface area is 183 Å². The minimum absolute atomic E-state index is 0.195. The maximum absolute atomic E-state index is 13.4. The molecule has 0 spiro atoms. The summed E-state index contributed by atoms with van der Waals surface area (Å²) >= 11 is 0. The number of fused-ring (bicyclic) bond motifs is 2. The summed E-state index contributed by atoms with van der Waals surface area (Å²) in [6.07, 6.45) is 1.77. The van der Waals surface area contributed by atoms with E-state index in [0.29, 0.717) is 28.6 Å². The molecule has 0 saturated heterocycles. The molecule has 2 heterocycles. The zero-order chi connectivity index (χ0) is 22.2. The van der Waals surface area contributed by atoms with Crippen molar-refractivity contribution >= 4 is 22.5 Å². The molecule has 7 heteroatoms. The Bertz CT molecular complexity index is 1470. The molecule has 4 aromatic rings. The van der Waals surface area contributed by atoms with E-state index in [1.165, 1.54) is 6.07 Å². The monoisotopic (exact) mass is 427 g/mol. The van der Waals surface area contributed by atoms with Gasteiger partial charge < -0.3 is 15.0 Å². The van der Waals surface area contributed by atoms with E-state index < -0.39 is 11.2 Å². The Morgan fingerprint density at radius 1 is 0.969 bits per heavy atom. The van der Waals surface area contributed by atoms with E-state index in [2.05, 4.69) is 4.98 Å². The second-order valence-corrected chi connectivity index (χ2v) is 7.81. The molecule has 0 radical (unpaired) electrons. The van der Waals surface area contributed by atoms with Gasteiger partial charge in [-0.3, -0.25) is 9.59 Å². The predicted octanol–water partition coefficient (Wildman–Crippen LogP) is 2.76. The molecule has 3 aromatic carbocycles. The normalized spacial score (nSPS) is 13.2. The number of hydrogen-bond donors (Lipinski definition) is 2. The highest BCUT2D eigenvalue weighted by atomic mass is 16.3. The molecule has 0 saturated carbocycles. The molecule has 0 aliphatic carbocycles. The van der Waals surface area contributed by atoms with Crippen LogP contribution in [0.4, 0.5) is 5.69 Å². The number of aromatic nitrogens is 2. The first-order valence-electron chi connectivity index (χ1n) is 10.5. The highest BCUT2D eigenvalue weighted by Gasteiger charge is 2.24. The summed E-state index contributed by atoms with van der Waals surface area (Å²) in [5, 5.41) is 10.2. The van der Waals surface area contributed by atoms with Gasteiger partial charge in [-0.2, -0.15) is 0 Å². The largest absolute Gasteiger partial charge is 0.392 e. The molecule has 160 valence electrons. The molecule has 0 fully saturated rings. The quantitative estimate of drug-likeness (QED) is 0.526. The van der Waals surface area contributed by atoms with Crippen molar-refractivity contribution in [1.82, 2.24) is 9.55 Å². The summed E-state index contributed by atoms with van der Waals surface area (Å²) in [6.45, 7) is 0.207. The summed E-state index contributed by atoms with van der Waals surface area (Å²) in [4.78, 5) is 43.8. The van der Waals surface area contributed by atoms with Crippen molar-refractivity contribution in [2.75, 3.05) is 11.4 Å². The van der Waals surface area contributed by atoms with Gasteiger partial charge in [-0.25, -0.2) is 9.36 Å². The van der Waals surface area contributed by atoms with Crippen LogP contribution in [0, 0.1) is 0 Å². The van der Waals surface area contributed by atoms with Crippen molar-refractivity contribution in [2.24, 2.45) is 0 Å². The lowest BCUT2D eigenvalue weighted by Gasteiger charge is -2.29. The fourth-order valence-corrected chi connectivity index (χ4v) is 4.32. The second kappa shape index (κ2) is 7.94. The SMILES string of the molecule is O=C(c1ccc(CO)c(-n2c(=O)[nH]c3ccccc3c2=O)c1)N1CCCc2ccccc21. The summed E-state index contributed by atoms with van der Waals surface area (Å²) in [5.74, 6) is -0.215. The van der Waals surface area contributed by atoms with Crippen LogP contribution in [0.2, 0.25) is 0 Å². The lowest BCUT2D eigenvalue weighted by atomic mass is 10.0. The Balaban J connectivity index is 1.66. The molecule has 1 amide bonds. The first-order chi connectivity index (χ1) is 15.6. The number of aryl methyl sites for hydroxylation is 1. The Hall–Kier alpha value is -3.97. The third-order valence-electron chi connectivity index (χ3n) is 5.90. The van der Waals surface area contributed by atoms with Gasteiger partial charge in [-0.15, -0.1) is 0 Å². The van der Waals surface area contributed by atoms with Crippen molar-refractivity contribution in [3.8, 4) is 5.69 Å². The lowest BCUT2D eigenvalue weighted by molar-refractivity contribution is 0.0985. The molecule has 1 aliphatic rings. The van der Waals surface area contributed by atoms with Gasteiger partial charge in [0.1, 0.15) is 0 Å². The highest BCUT2D eigenvalue weighted by Crippen LogP contribution is 2.28. The standard InChI is InChI=1S/C25H21N3O4/c29-15-18-12-11-17(23(30)27-13-5-7-16-6-1-4-10-21(16)27)14-22(18)28-24(31)19-8-2-3-9-20(19)26-25(28)32/h1-4,6,8-12,14,29H,5,7,13,15H2,(H,26,32). The van der Waals surface area contributed by atoms with E-state index in [9.17, 15) is 19.5 Å². The van der Waals surface area contributed by atoms with Crippen LogP contribution >= 0.6 is 0 Å². The van der Waals surface area contributed by atoms with E-state index in [1.807, 2.05) is 24.3 Å². The predicted molar refractivity (Wildman–Crippen MR) is 123 cm³/mol. The van der Waals surface area contributed by atoms with Gasteiger partial charge in [-0.05, 0) is 48.7 Å². The van der Waals surface area contributed by atoms with Crippen LogP contribution in [0.15, 0.2) is 76.3 Å². The zero-order valence-corrected chi connectivity index (χ0v) is 17.2. The van der Waals surface area contributed by atoms with E-state index in [-0.39, 0.29) is 18.2 Å². The van der Waals surface area contributed by atoms with E-state index in [1.54, 1.807) is 41.3 Å². The molecule has 5 rings (SSSR count). The highest BCUT2D eigenvalue weighted by molar-refractivity contribution is 6.07. The number of amides is 1. The average Bonchev–Trinajstić information content (AvgIpc) is 2.83. The first-order valence-corrected chi connectivity index (χ1v) is 10.5. The summed E-state index contributed by atoms with van der Waals surface area (Å²) < 4.78 is 0.981. The van der Waals surface area contributed by atoms with Crippen molar-refractivity contribution in [1.29, 1.82) is 0 Å². The number of anilines is 1. The molecule has 1 aromatic heterocycles. The number of nitrogens with zero attached hydrogens (tertiary/aromatic N) is 2. The Kier molecular flexibility index (Phi) is 4.95. The molecular formula is C25H21N3O4. The molecule has 0 unspecified atom stereocenters. The summed E-state index contributed by atoms with van der Waals surface area (Å²) in [5.41, 5.74) is 2.20. The smallest absolute Gasteiger partial charge is 0.333 e. The van der Waals surface area contributed by atoms with E-state index in [0.717, 1.165) is 28.7 Å². The minimum Gasteiger partial charge on any atom is -0.392 e. The number of para-hydroxylation sites is 2.